The van der Waals surface area contributed by atoms with Gasteiger partial charge in [-0.05, 0) is 36.4 Å². The van der Waals surface area contributed by atoms with Gasteiger partial charge in [-0.2, -0.15) is 0 Å². The lowest BCUT2D eigenvalue weighted by Crippen LogP contribution is -2.39. The van der Waals surface area contributed by atoms with Crippen LogP contribution in [0.15, 0.2) is 24.3 Å². The number of hydrogen-bond acceptors (Lipinski definition) is 2. The molecule has 1 aromatic carbocycles. The van der Waals surface area contributed by atoms with Gasteiger partial charge in [0.25, 0.3) is 5.91 Å². The van der Waals surface area contributed by atoms with Crippen LogP contribution in [-0.2, 0) is 5.41 Å². The third-order valence-corrected chi connectivity index (χ3v) is 3.97. The van der Waals surface area contributed by atoms with Crippen LogP contribution in [0.4, 0.5) is 0 Å². The number of carbonyl (C=O) groups is 1. The Kier molecular flexibility index (Phi) is 4.48. The Morgan fingerprint density at radius 1 is 1.35 bits per heavy atom. The topological polar surface area (TPSA) is 32.3 Å². The second kappa shape index (κ2) is 5.96. The quantitative estimate of drug-likeness (QED) is 0.919. The van der Waals surface area contributed by atoms with Gasteiger partial charge in [-0.25, -0.2) is 0 Å². The van der Waals surface area contributed by atoms with Crippen molar-refractivity contribution in [1.29, 1.82) is 0 Å². The van der Waals surface area contributed by atoms with Gasteiger partial charge in [0.1, 0.15) is 0 Å². The number of nitrogens with zero attached hydrogens (tertiary/aromatic N) is 1. The van der Waals surface area contributed by atoms with E-state index in [9.17, 15) is 4.79 Å². The Hall–Kier alpha value is -1.35. The van der Waals surface area contributed by atoms with E-state index in [2.05, 4.69) is 32.2 Å². The zero-order chi connectivity index (χ0) is 14.8. The lowest BCUT2D eigenvalue weighted by atomic mass is 9.83. The molecule has 3 heteroatoms. The molecule has 110 valence electrons. The number of amides is 1. The van der Waals surface area contributed by atoms with Crippen LogP contribution in [0.3, 0.4) is 0 Å². The van der Waals surface area contributed by atoms with Gasteiger partial charge in [0.2, 0.25) is 0 Å². The number of benzene rings is 1. The molecule has 0 saturated carbocycles. The highest BCUT2D eigenvalue weighted by Gasteiger charge is 2.25. The smallest absolute Gasteiger partial charge is 0.253 e. The van der Waals surface area contributed by atoms with Crippen LogP contribution in [0, 0.1) is 0 Å². The third kappa shape index (κ3) is 3.40. The van der Waals surface area contributed by atoms with Crippen LogP contribution >= 0.6 is 0 Å². The molecule has 1 aromatic rings. The molecule has 1 fully saturated rings. The Labute approximate surface area is 122 Å². The first-order valence-corrected chi connectivity index (χ1v) is 7.48. The Balaban J connectivity index is 2.16. The van der Waals surface area contributed by atoms with Crippen molar-refractivity contribution in [2.24, 2.45) is 0 Å². The first kappa shape index (κ1) is 15.0. The molecule has 1 N–H and O–H groups in total. The van der Waals surface area contributed by atoms with Gasteiger partial charge in [-0.1, -0.05) is 39.0 Å². The number of carbonyl (C=O) groups excluding carboxylic acids is 1. The molecule has 0 aromatic heterocycles. The minimum absolute atomic E-state index is 0.0152. The van der Waals surface area contributed by atoms with Crippen molar-refractivity contribution in [2.45, 2.75) is 45.1 Å². The second-order valence-corrected chi connectivity index (χ2v) is 6.77. The van der Waals surface area contributed by atoms with Crippen LogP contribution < -0.4 is 5.32 Å². The maximum Gasteiger partial charge on any atom is 0.253 e. The normalized spacial score (nSPS) is 19.1. The summed E-state index contributed by atoms with van der Waals surface area (Å²) in [6, 6.07) is 8.42. The predicted octanol–water partition coefficient (Wildman–Crippen LogP) is 2.81. The van der Waals surface area contributed by atoms with E-state index in [1.54, 1.807) is 0 Å². The number of likely N-dealkylation sites (N-methyl/N-ethyl adjacent to an activating group) is 1. The van der Waals surface area contributed by atoms with Crippen molar-refractivity contribution in [3.63, 3.8) is 0 Å². The van der Waals surface area contributed by atoms with E-state index in [1.807, 2.05) is 30.1 Å². The molecule has 1 heterocycles. The number of rotatable bonds is 3. The highest BCUT2D eigenvalue weighted by Crippen LogP contribution is 2.26. The molecule has 1 amide bonds. The highest BCUT2D eigenvalue weighted by molar-refractivity contribution is 5.96. The van der Waals surface area contributed by atoms with Gasteiger partial charge >= 0.3 is 0 Å². The van der Waals surface area contributed by atoms with E-state index in [4.69, 9.17) is 0 Å². The second-order valence-electron chi connectivity index (χ2n) is 6.77. The van der Waals surface area contributed by atoms with Crippen molar-refractivity contribution in [3.05, 3.63) is 35.4 Å². The van der Waals surface area contributed by atoms with Crippen LogP contribution in [0.5, 0.6) is 0 Å². The summed E-state index contributed by atoms with van der Waals surface area (Å²) in [4.78, 5) is 14.6. The summed E-state index contributed by atoms with van der Waals surface area (Å²) < 4.78 is 0. The van der Waals surface area contributed by atoms with Gasteiger partial charge in [0.05, 0.1) is 0 Å². The fraction of sp³-hybridized carbons (Fsp3) is 0.588. The van der Waals surface area contributed by atoms with Crippen molar-refractivity contribution in [3.8, 4) is 0 Å². The van der Waals surface area contributed by atoms with E-state index < -0.39 is 0 Å². The van der Waals surface area contributed by atoms with Crippen molar-refractivity contribution >= 4 is 5.91 Å². The standard InChI is InChI=1S/C17H26N2O/c1-17(2,3)15-10-6-5-9-14(15)16(20)19(4)12-13-8-7-11-18-13/h5-6,9-10,13,18H,7-8,11-12H2,1-4H3. The van der Waals surface area contributed by atoms with Crippen LogP contribution in [0.1, 0.15) is 49.5 Å². The molecule has 1 aliphatic rings. The zero-order valence-electron chi connectivity index (χ0n) is 13.1. The molecule has 20 heavy (non-hydrogen) atoms. The molecular formula is C17H26N2O. The Morgan fingerprint density at radius 3 is 2.65 bits per heavy atom. The van der Waals surface area contributed by atoms with Crippen LogP contribution in [0.25, 0.3) is 0 Å². The SMILES string of the molecule is CN(CC1CCCN1)C(=O)c1ccccc1C(C)(C)C. The molecule has 1 unspecified atom stereocenters. The first-order chi connectivity index (χ1) is 9.39. The Morgan fingerprint density at radius 2 is 2.05 bits per heavy atom. The minimum Gasteiger partial charge on any atom is -0.340 e. The monoisotopic (exact) mass is 274 g/mol. The summed E-state index contributed by atoms with van der Waals surface area (Å²) in [7, 11) is 1.90. The molecule has 1 aliphatic heterocycles. The summed E-state index contributed by atoms with van der Waals surface area (Å²) >= 11 is 0. The zero-order valence-corrected chi connectivity index (χ0v) is 13.1. The summed E-state index contributed by atoms with van der Waals surface area (Å²) in [6.45, 7) is 8.31. The van der Waals surface area contributed by atoms with E-state index in [-0.39, 0.29) is 11.3 Å². The third-order valence-electron chi connectivity index (χ3n) is 3.97. The van der Waals surface area contributed by atoms with E-state index >= 15 is 0 Å². The fourth-order valence-corrected chi connectivity index (χ4v) is 2.86. The molecule has 1 atom stereocenters. The van der Waals surface area contributed by atoms with Crippen LogP contribution in [-0.4, -0.2) is 37.0 Å². The summed E-state index contributed by atoms with van der Waals surface area (Å²) in [5, 5.41) is 3.44. The van der Waals surface area contributed by atoms with Gasteiger partial charge in [0.15, 0.2) is 0 Å². The average molecular weight is 274 g/mol. The summed E-state index contributed by atoms with van der Waals surface area (Å²) in [5.74, 6) is 0.129. The fourth-order valence-electron chi connectivity index (χ4n) is 2.86. The van der Waals surface area contributed by atoms with Gasteiger partial charge < -0.3 is 10.2 Å². The summed E-state index contributed by atoms with van der Waals surface area (Å²) in [6.07, 6.45) is 2.38. The van der Waals surface area contributed by atoms with Crippen molar-refractivity contribution in [2.75, 3.05) is 20.1 Å². The maximum absolute atomic E-state index is 12.7. The highest BCUT2D eigenvalue weighted by atomic mass is 16.2. The Bertz CT molecular complexity index is 470. The van der Waals surface area contributed by atoms with E-state index in [1.165, 1.54) is 12.8 Å². The molecule has 1 saturated heterocycles. The van der Waals surface area contributed by atoms with E-state index in [0.717, 1.165) is 24.2 Å². The molecule has 2 rings (SSSR count). The van der Waals surface area contributed by atoms with Gasteiger partial charge in [-0.15, -0.1) is 0 Å². The van der Waals surface area contributed by atoms with Crippen molar-refractivity contribution in [1.82, 2.24) is 10.2 Å². The average Bonchev–Trinajstić information content (AvgIpc) is 2.89. The predicted molar refractivity (Wildman–Crippen MR) is 83.1 cm³/mol. The molecule has 0 aliphatic carbocycles. The lowest BCUT2D eigenvalue weighted by molar-refractivity contribution is 0.0781. The molecule has 0 spiro atoms. The first-order valence-electron chi connectivity index (χ1n) is 7.48. The lowest BCUT2D eigenvalue weighted by Gasteiger charge is -2.26. The largest absolute Gasteiger partial charge is 0.340 e. The molecular weight excluding hydrogens is 248 g/mol. The molecule has 0 bridgehead atoms. The van der Waals surface area contributed by atoms with Gasteiger partial charge in [-0.3, -0.25) is 4.79 Å². The molecule has 0 radical (unpaired) electrons. The van der Waals surface area contributed by atoms with Crippen molar-refractivity contribution < 1.29 is 4.79 Å². The van der Waals surface area contributed by atoms with E-state index in [0.29, 0.717) is 6.04 Å². The molecule has 3 nitrogen and oxygen atoms in total. The minimum atomic E-state index is -0.0152. The maximum atomic E-state index is 12.7. The van der Waals surface area contributed by atoms with Gasteiger partial charge in [0, 0.05) is 25.2 Å². The summed E-state index contributed by atoms with van der Waals surface area (Å²) in [5.41, 5.74) is 1.94. The number of nitrogens with one attached hydrogen (secondary N) is 1. The van der Waals surface area contributed by atoms with Crippen LogP contribution in [0.2, 0.25) is 0 Å². The number of hydrogen-bond donors (Lipinski definition) is 1.